The topological polar surface area (TPSA) is 151 Å². The van der Waals surface area contributed by atoms with Crippen LogP contribution in [0.15, 0.2) is 109 Å². The van der Waals surface area contributed by atoms with Crippen LogP contribution in [-0.4, -0.2) is 34.0 Å². The van der Waals surface area contributed by atoms with Crippen molar-refractivity contribution in [3.63, 3.8) is 0 Å². The summed E-state index contributed by atoms with van der Waals surface area (Å²) in [6.07, 6.45) is 1.81. The average Bonchev–Trinajstić information content (AvgIpc) is 3.10. The predicted octanol–water partition coefficient (Wildman–Crippen LogP) is 8.30. The number of carboxylic acid groups (broad SMARTS) is 2. The molecule has 0 aromatic heterocycles. The Bertz CT molecular complexity index is 1810. The second kappa shape index (κ2) is 14.8. The molecule has 4 N–H and O–H groups in total. The van der Waals surface area contributed by atoms with Gasteiger partial charge in [0, 0.05) is 11.4 Å². The molecule has 0 aliphatic carbocycles. The number of aromatic carboxylic acids is 2. The summed E-state index contributed by atoms with van der Waals surface area (Å²) >= 11 is 0. The zero-order valence-corrected chi connectivity index (χ0v) is 26.2. The molecule has 0 bridgehead atoms. The van der Waals surface area contributed by atoms with E-state index in [4.69, 9.17) is 9.47 Å². The molecule has 0 saturated carbocycles. The van der Waals surface area contributed by atoms with Crippen LogP contribution in [0.4, 0.5) is 11.4 Å². The summed E-state index contributed by atoms with van der Waals surface area (Å²) in [5, 5.41) is 24.8. The maximum atomic E-state index is 13.3. The van der Waals surface area contributed by atoms with Gasteiger partial charge in [-0.25, -0.2) is 9.59 Å². The van der Waals surface area contributed by atoms with Gasteiger partial charge in [0.05, 0.1) is 22.3 Å². The van der Waals surface area contributed by atoms with Gasteiger partial charge in [-0.05, 0) is 109 Å². The summed E-state index contributed by atoms with van der Waals surface area (Å²) in [7, 11) is 0. The van der Waals surface area contributed by atoms with Crippen LogP contribution in [0.1, 0.15) is 66.4 Å². The molecule has 0 fully saturated rings. The van der Waals surface area contributed by atoms with E-state index in [0.717, 1.165) is 25.0 Å². The molecule has 10 nitrogen and oxygen atoms in total. The van der Waals surface area contributed by atoms with Crippen LogP contribution in [0, 0.1) is 0 Å². The molecule has 2 amide bonds. The number of benzene rings is 5. The van der Waals surface area contributed by atoms with Crippen LogP contribution in [0.3, 0.4) is 0 Å². The van der Waals surface area contributed by atoms with E-state index in [1.54, 1.807) is 48.5 Å². The van der Waals surface area contributed by atoms with E-state index in [-0.39, 0.29) is 0 Å². The van der Waals surface area contributed by atoms with Gasteiger partial charge in [0.1, 0.15) is 23.0 Å². The van der Waals surface area contributed by atoms with Gasteiger partial charge in [-0.3, -0.25) is 9.59 Å². The lowest BCUT2D eigenvalue weighted by Crippen LogP contribution is -2.22. The van der Waals surface area contributed by atoms with Crippen molar-refractivity contribution in [2.45, 2.75) is 26.7 Å². The van der Waals surface area contributed by atoms with E-state index in [1.165, 1.54) is 11.1 Å². The summed E-state index contributed by atoms with van der Waals surface area (Å²) in [4.78, 5) is 50.8. The van der Waals surface area contributed by atoms with Gasteiger partial charge >= 0.3 is 11.9 Å². The van der Waals surface area contributed by atoms with Gasteiger partial charge in [-0.1, -0.05) is 38.1 Å². The highest BCUT2D eigenvalue weighted by Gasteiger charge is 2.26. The summed E-state index contributed by atoms with van der Waals surface area (Å²) in [5.41, 5.74) is 1.04. The highest BCUT2D eigenvalue weighted by Crippen LogP contribution is 2.27. The van der Waals surface area contributed by atoms with Gasteiger partial charge in [0.15, 0.2) is 0 Å². The van der Waals surface area contributed by atoms with Gasteiger partial charge in [0.2, 0.25) is 0 Å². The Morgan fingerprint density at radius 1 is 0.479 bits per heavy atom. The Morgan fingerprint density at radius 2 is 0.771 bits per heavy atom. The normalized spacial score (nSPS) is 10.5. The van der Waals surface area contributed by atoms with Gasteiger partial charge < -0.3 is 30.3 Å². The van der Waals surface area contributed by atoms with Crippen LogP contribution in [0.2, 0.25) is 0 Å². The van der Waals surface area contributed by atoms with Crippen LogP contribution in [-0.2, 0) is 12.8 Å². The maximum Gasteiger partial charge on any atom is 0.336 e. The fourth-order valence-electron chi connectivity index (χ4n) is 4.80. The first kappa shape index (κ1) is 33.0. The monoisotopic (exact) mass is 644 g/mol. The van der Waals surface area contributed by atoms with Gasteiger partial charge in [-0.2, -0.15) is 0 Å². The smallest absolute Gasteiger partial charge is 0.336 e. The van der Waals surface area contributed by atoms with Crippen molar-refractivity contribution in [3.8, 4) is 23.0 Å². The number of carbonyl (C=O) groups is 4. The van der Waals surface area contributed by atoms with E-state index in [0.29, 0.717) is 34.4 Å². The number of aryl methyl sites for hydroxylation is 2. The molecular weight excluding hydrogens is 612 g/mol. The first-order valence-electron chi connectivity index (χ1n) is 15.1. The van der Waals surface area contributed by atoms with Crippen molar-refractivity contribution in [3.05, 3.63) is 143 Å². The third-order valence-corrected chi connectivity index (χ3v) is 7.47. The molecule has 5 aromatic rings. The number of nitrogens with one attached hydrogen (secondary N) is 2. The van der Waals surface area contributed by atoms with Crippen molar-refractivity contribution in [1.82, 2.24) is 0 Å². The molecule has 242 valence electrons. The molecule has 0 heterocycles. The SMILES string of the molecule is CCc1ccc(Oc2ccc(NC(=O)c3cc(C(=O)Nc4ccc(Oc5ccc(CC)cc5)cc4)c(C(=O)O)cc3C(=O)O)cc2)cc1. The lowest BCUT2D eigenvalue weighted by molar-refractivity contribution is 0.0690. The molecule has 0 saturated heterocycles. The molecule has 5 rings (SSSR count). The van der Waals surface area contributed by atoms with Crippen LogP contribution in [0.25, 0.3) is 0 Å². The number of rotatable bonds is 12. The minimum Gasteiger partial charge on any atom is -0.478 e. The van der Waals surface area contributed by atoms with E-state index in [1.807, 2.05) is 48.5 Å². The highest BCUT2D eigenvalue weighted by atomic mass is 16.5. The third-order valence-electron chi connectivity index (χ3n) is 7.47. The molecule has 48 heavy (non-hydrogen) atoms. The first-order chi connectivity index (χ1) is 23.1. The molecule has 0 radical (unpaired) electrons. The average molecular weight is 645 g/mol. The number of hydrogen-bond donors (Lipinski definition) is 4. The molecular formula is C38H32N2O8. The van der Waals surface area contributed by atoms with E-state index in [9.17, 15) is 29.4 Å². The molecule has 0 unspecified atom stereocenters. The third kappa shape index (κ3) is 8.04. The maximum absolute atomic E-state index is 13.3. The van der Waals surface area contributed by atoms with E-state index in [2.05, 4.69) is 24.5 Å². The minimum absolute atomic E-state index is 0.321. The Kier molecular flexibility index (Phi) is 10.1. The second-order valence-corrected chi connectivity index (χ2v) is 10.7. The predicted molar refractivity (Wildman–Crippen MR) is 181 cm³/mol. The summed E-state index contributed by atoms with van der Waals surface area (Å²) in [5.74, 6) is -2.47. The van der Waals surface area contributed by atoms with Crippen molar-refractivity contribution < 1.29 is 38.9 Å². The minimum atomic E-state index is -1.53. The standard InChI is InChI=1S/C38H32N2O8/c1-3-23-5-13-27(14-6-23)47-29-17-9-25(10-18-29)39-35(41)31-21-32(34(38(45)46)22-33(31)37(43)44)36(42)40-26-11-19-30(20-12-26)48-28-15-7-24(4-2)8-16-28/h5-22H,3-4H2,1-2H3,(H,39,41)(H,40,42)(H,43,44)(H,45,46). The Morgan fingerprint density at radius 3 is 1.06 bits per heavy atom. The van der Waals surface area contributed by atoms with Gasteiger partial charge in [-0.15, -0.1) is 0 Å². The Balaban J connectivity index is 1.32. The molecule has 10 heteroatoms. The number of amides is 2. The summed E-state index contributed by atoms with van der Waals surface area (Å²) in [6, 6.07) is 29.9. The number of ether oxygens (including phenoxy) is 2. The van der Waals surface area contributed by atoms with Crippen LogP contribution >= 0.6 is 0 Å². The first-order valence-corrected chi connectivity index (χ1v) is 15.1. The van der Waals surface area contributed by atoms with Crippen molar-refractivity contribution in [2.75, 3.05) is 10.6 Å². The number of carboxylic acids is 2. The number of anilines is 2. The second-order valence-electron chi connectivity index (χ2n) is 10.7. The highest BCUT2D eigenvalue weighted by molar-refractivity contribution is 6.16. The summed E-state index contributed by atoms with van der Waals surface area (Å²) in [6.45, 7) is 4.12. The largest absolute Gasteiger partial charge is 0.478 e. The molecule has 0 aliphatic rings. The van der Waals surface area contributed by atoms with Crippen molar-refractivity contribution in [1.29, 1.82) is 0 Å². The van der Waals surface area contributed by atoms with Crippen molar-refractivity contribution in [2.24, 2.45) is 0 Å². The lowest BCUT2D eigenvalue weighted by Gasteiger charge is -2.14. The van der Waals surface area contributed by atoms with Crippen LogP contribution < -0.4 is 20.1 Å². The van der Waals surface area contributed by atoms with Crippen LogP contribution in [0.5, 0.6) is 23.0 Å². The summed E-state index contributed by atoms with van der Waals surface area (Å²) < 4.78 is 11.7. The Hall–Kier alpha value is -6.42. The fraction of sp³-hybridized carbons (Fsp3) is 0.105. The van der Waals surface area contributed by atoms with Crippen molar-refractivity contribution >= 4 is 35.1 Å². The van der Waals surface area contributed by atoms with Gasteiger partial charge in [0.25, 0.3) is 11.8 Å². The zero-order chi connectivity index (χ0) is 34.2. The lowest BCUT2D eigenvalue weighted by atomic mass is 9.96. The number of hydrogen-bond acceptors (Lipinski definition) is 6. The number of carbonyl (C=O) groups excluding carboxylic acids is 2. The fourth-order valence-corrected chi connectivity index (χ4v) is 4.80. The zero-order valence-electron chi connectivity index (χ0n) is 26.2. The molecule has 0 atom stereocenters. The molecule has 0 spiro atoms. The molecule has 0 aliphatic heterocycles. The molecule has 5 aromatic carbocycles. The van der Waals surface area contributed by atoms with E-state index >= 15 is 0 Å². The Labute approximate surface area is 276 Å². The van der Waals surface area contributed by atoms with E-state index < -0.39 is 46.0 Å². The quantitative estimate of drug-likeness (QED) is 0.106.